The van der Waals surface area contributed by atoms with E-state index >= 15 is 0 Å². The molecule has 0 spiro atoms. The van der Waals surface area contributed by atoms with Crippen molar-refractivity contribution in [3.63, 3.8) is 0 Å². The molecular formula is C21H21N3O3S. The van der Waals surface area contributed by atoms with Crippen LogP contribution in [0.5, 0.6) is 0 Å². The van der Waals surface area contributed by atoms with Crippen LogP contribution in [0.4, 0.5) is 5.82 Å². The summed E-state index contributed by atoms with van der Waals surface area (Å²) < 4.78 is 27.8. The first-order valence-electron chi connectivity index (χ1n) is 8.74. The molecule has 144 valence electrons. The molecule has 6 nitrogen and oxygen atoms in total. The van der Waals surface area contributed by atoms with E-state index in [1.54, 1.807) is 25.1 Å². The third-order valence-corrected chi connectivity index (χ3v) is 5.60. The minimum Gasteiger partial charge on any atom is -0.307 e. The van der Waals surface area contributed by atoms with Crippen LogP contribution >= 0.6 is 0 Å². The fourth-order valence-corrected chi connectivity index (χ4v) is 3.71. The van der Waals surface area contributed by atoms with Gasteiger partial charge in [0, 0.05) is 17.8 Å². The molecule has 1 aromatic heterocycles. The van der Waals surface area contributed by atoms with Crippen molar-refractivity contribution < 1.29 is 13.2 Å². The molecule has 0 aliphatic rings. The topological polar surface area (TPSA) is 88.2 Å². The van der Waals surface area contributed by atoms with Crippen molar-refractivity contribution in [3.05, 3.63) is 89.1 Å². The Hall–Kier alpha value is -3.03. The van der Waals surface area contributed by atoms with Gasteiger partial charge in [-0.15, -0.1) is 0 Å². The highest BCUT2D eigenvalue weighted by Gasteiger charge is 2.18. The number of carbonyl (C=O) groups excluding carboxylic acids is 1. The number of hydrogen-bond acceptors (Lipinski definition) is 4. The predicted molar refractivity (Wildman–Crippen MR) is 109 cm³/mol. The Morgan fingerprint density at radius 3 is 2.43 bits per heavy atom. The van der Waals surface area contributed by atoms with Crippen LogP contribution in [-0.2, 0) is 16.6 Å². The molecule has 0 radical (unpaired) electrons. The van der Waals surface area contributed by atoms with Crippen molar-refractivity contribution in [2.75, 3.05) is 5.32 Å². The summed E-state index contributed by atoms with van der Waals surface area (Å²) in [6, 6.07) is 19.0. The summed E-state index contributed by atoms with van der Waals surface area (Å²) in [5.41, 5.74) is 2.58. The predicted octanol–water partition coefficient (Wildman–Crippen LogP) is 3.43. The van der Waals surface area contributed by atoms with Gasteiger partial charge in [0.25, 0.3) is 5.91 Å². The van der Waals surface area contributed by atoms with Crippen molar-refractivity contribution in [2.45, 2.75) is 25.3 Å². The van der Waals surface area contributed by atoms with Gasteiger partial charge in [-0.3, -0.25) is 4.79 Å². The van der Waals surface area contributed by atoms with Crippen molar-refractivity contribution in [3.8, 4) is 0 Å². The number of rotatable bonds is 6. The second kappa shape index (κ2) is 8.33. The SMILES string of the molecule is Cc1cccc(NC(=O)c2cc(S(=O)(=O)NCc3ccccc3)ccc2C)n1. The van der Waals surface area contributed by atoms with E-state index in [2.05, 4.69) is 15.0 Å². The molecule has 0 unspecified atom stereocenters. The minimum absolute atomic E-state index is 0.0383. The first kappa shape index (κ1) is 19.7. The number of nitrogens with one attached hydrogen (secondary N) is 2. The summed E-state index contributed by atoms with van der Waals surface area (Å²) in [6.07, 6.45) is 0. The number of carbonyl (C=O) groups is 1. The van der Waals surface area contributed by atoms with E-state index in [0.29, 0.717) is 11.4 Å². The van der Waals surface area contributed by atoms with Gasteiger partial charge in [-0.1, -0.05) is 42.5 Å². The number of aromatic nitrogens is 1. The Bertz CT molecular complexity index is 1100. The van der Waals surface area contributed by atoms with E-state index in [0.717, 1.165) is 11.3 Å². The quantitative estimate of drug-likeness (QED) is 0.669. The van der Waals surface area contributed by atoms with Crippen LogP contribution in [0.25, 0.3) is 0 Å². The lowest BCUT2D eigenvalue weighted by molar-refractivity contribution is 0.102. The lowest BCUT2D eigenvalue weighted by atomic mass is 10.1. The van der Waals surface area contributed by atoms with Crippen molar-refractivity contribution >= 4 is 21.7 Å². The summed E-state index contributed by atoms with van der Waals surface area (Å²) >= 11 is 0. The number of hydrogen-bond donors (Lipinski definition) is 2. The maximum absolute atomic E-state index is 12.6. The van der Waals surface area contributed by atoms with Crippen LogP contribution in [0.3, 0.4) is 0 Å². The number of nitrogens with zero attached hydrogens (tertiary/aromatic N) is 1. The van der Waals surface area contributed by atoms with Gasteiger partial charge in [0.15, 0.2) is 0 Å². The van der Waals surface area contributed by atoms with E-state index in [-0.39, 0.29) is 17.0 Å². The molecule has 1 heterocycles. The number of sulfonamides is 1. The maximum atomic E-state index is 12.6. The summed E-state index contributed by atoms with van der Waals surface area (Å²) in [6.45, 7) is 3.75. The molecule has 0 atom stereocenters. The van der Waals surface area contributed by atoms with Crippen LogP contribution in [-0.4, -0.2) is 19.3 Å². The summed E-state index contributed by atoms with van der Waals surface area (Å²) in [4.78, 5) is 16.9. The van der Waals surface area contributed by atoms with Crippen molar-refractivity contribution in [1.29, 1.82) is 0 Å². The monoisotopic (exact) mass is 395 g/mol. The largest absolute Gasteiger partial charge is 0.307 e. The molecule has 7 heteroatoms. The van der Waals surface area contributed by atoms with Gasteiger partial charge in [-0.2, -0.15) is 0 Å². The Kier molecular flexibility index (Phi) is 5.87. The Labute approximate surface area is 164 Å². The Morgan fingerprint density at radius 2 is 1.71 bits per heavy atom. The van der Waals surface area contributed by atoms with Gasteiger partial charge in [0.2, 0.25) is 10.0 Å². The highest BCUT2D eigenvalue weighted by molar-refractivity contribution is 7.89. The van der Waals surface area contributed by atoms with Gasteiger partial charge < -0.3 is 5.32 Å². The molecule has 1 amide bonds. The normalized spacial score (nSPS) is 11.2. The average Bonchev–Trinajstić information content (AvgIpc) is 2.67. The molecule has 0 saturated carbocycles. The second-order valence-electron chi connectivity index (χ2n) is 6.41. The zero-order chi connectivity index (χ0) is 20.1. The van der Waals surface area contributed by atoms with Crippen LogP contribution in [0.15, 0.2) is 71.6 Å². The fraction of sp³-hybridized carbons (Fsp3) is 0.143. The van der Waals surface area contributed by atoms with Gasteiger partial charge in [0.1, 0.15) is 5.82 Å². The number of aryl methyl sites for hydroxylation is 2. The van der Waals surface area contributed by atoms with Gasteiger partial charge in [0.05, 0.1) is 4.90 Å². The number of amides is 1. The lowest BCUT2D eigenvalue weighted by Crippen LogP contribution is -2.24. The van der Waals surface area contributed by atoms with Crippen molar-refractivity contribution in [2.24, 2.45) is 0 Å². The van der Waals surface area contributed by atoms with Gasteiger partial charge >= 0.3 is 0 Å². The fourth-order valence-electron chi connectivity index (χ4n) is 2.67. The lowest BCUT2D eigenvalue weighted by Gasteiger charge is -2.11. The summed E-state index contributed by atoms with van der Waals surface area (Å²) in [5, 5.41) is 2.71. The number of anilines is 1. The molecule has 0 bridgehead atoms. The van der Waals surface area contributed by atoms with Crippen molar-refractivity contribution in [1.82, 2.24) is 9.71 Å². The van der Waals surface area contributed by atoms with E-state index in [1.807, 2.05) is 43.3 Å². The second-order valence-corrected chi connectivity index (χ2v) is 8.17. The minimum atomic E-state index is -3.76. The Morgan fingerprint density at radius 1 is 0.964 bits per heavy atom. The summed E-state index contributed by atoms with van der Waals surface area (Å²) in [5.74, 6) is 0.00979. The molecule has 0 aliphatic heterocycles. The molecular weight excluding hydrogens is 374 g/mol. The zero-order valence-corrected chi connectivity index (χ0v) is 16.5. The van der Waals surface area contributed by atoms with Gasteiger partial charge in [-0.25, -0.2) is 18.1 Å². The summed E-state index contributed by atoms with van der Waals surface area (Å²) in [7, 11) is -3.76. The van der Waals surface area contributed by atoms with E-state index in [1.165, 1.54) is 12.1 Å². The standard InChI is InChI=1S/C21H21N3O3S/c1-15-11-12-18(28(26,27)22-14-17-8-4-3-5-9-17)13-19(15)21(25)24-20-10-6-7-16(2)23-20/h3-13,22H,14H2,1-2H3,(H,23,24,25). The Balaban J connectivity index is 1.81. The highest BCUT2D eigenvalue weighted by atomic mass is 32.2. The highest BCUT2D eigenvalue weighted by Crippen LogP contribution is 2.18. The van der Waals surface area contributed by atoms with E-state index < -0.39 is 15.9 Å². The van der Waals surface area contributed by atoms with Crippen LogP contribution in [0, 0.1) is 13.8 Å². The van der Waals surface area contributed by atoms with E-state index in [4.69, 9.17) is 0 Å². The zero-order valence-electron chi connectivity index (χ0n) is 15.6. The molecule has 0 aliphatic carbocycles. The molecule has 28 heavy (non-hydrogen) atoms. The van der Waals surface area contributed by atoms with E-state index in [9.17, 15) is 13.2 Å². The molecule has 3 aromatic rings. The molecule has 0 saturated heterocycles. The number of benzene rings is 2. The molecule has 3 rings (SSSR count). The van der Waals surface area contributed by atoms with Crippen LogP contribution < -0.4 is 10.0 Å². The molecule has 2 N–H and O–H groups in total. The molecule has 0 fully saturated rings. The van der Waals surface area contributed by atoms with Gasteiger partial charge in [-0.05, 0) is 49.2 Å². The van der Waals surface area contributed by atoms with Crippen LogP contribution in [0.1, 0.15) is 27.2 Å². The smallest absolute Gasteiger partial charge is 0.257 e. The molecule has 2 aromatic carbocycles. The number of pyridine rings is 1. The first-order chi connectivity index (χ1) is 13.3. The maximum Gasteiger partial charge on any atom is 0.257 e. The third-order valence-electron chi connectivity index (χ3n) is 4.20. The average molecular weight is 395 g/mol. The first-order valence-corrected chi connectivity index (χ1v) is 10.2. The third kappa shape index (κ3) is 4.82. The van der Waals surface area contributed by atoms with Crippen LogP contribution in [0.2, 0.25) is 0 Å².